The summed E-state index contributed by atoms with van der Waals surface area (Å²) in [7, 11) is 0. The first-order valence-corrected chi connectivity index (χ1v) is 11.4. The molecule has 1 unspecified atom stereocenters. The molecular weight excluding hydrogens is 481 g/mol. The van der Waals surface area contributed by atoms with Gasteiger partial charge in [-0.3, -0.25) is 4.68 Å². The number of carboxylic acid groups (broad SMARTS) is 1. The van der Waals surface area contributed by atoms with E-state index in [0.29, 0.717) is 11.5 Å². The fourth-order valence-electron chi connectivity index (χ4n) is 4.23. The van der Waals surface area contributed by atoms with Gasteiger partial charge in [0.05, 0.1) is 11.2 Å². The van der Waals surface area contributed by atoms with Gasteiger partial charge in [-0.05, 0) is 30.5 Å². The van der Waals surface area contributed by atoms with Crippen molar-refractivity contribution in [1.29, 1.82) is 0 Å². The Morgan fingerprint density at radius 3 is 2.66 bits per heavy atom. The smallest absolute Gasteiger partial charge is 0.352 e. The van der Waals surface area contributed by atoms with E-state index in [2.05, 4.69) is 15.1 Å². The van der Waals surface area contributed by atoms with Crippen LogP contribution in [0.5, 0.6) is 0 Å². The minimum Gasteiger partial charge on any atom is -0.477 e. The summed E-state index contributed by atoms with van der Waals surface area (Å²) >= 11 is 5.86. The minimum atomic E-state index is -2.85. The standard InChI is InChI=1S/C25H20ClF3N4O2/c26-18-5-4-17(24(28)29)22(23(18)27)14-3-6-19(30-9-14)21(7-13-1-2-13)33-12-16(11-32-33)15-8-20(25(34)35)31-10-15/h3-6,8-13,21,24,31H,1-2,7H2,(H,34,35)/p+1. The van der Waals surface area contributed by atoms with Crippen molar-refractivity contribution in [2.75, 3.05) is 0 Å². The van der Waals surface area contributed by atoms with E-state index in [1.165, 1.54) is 6.20 Å². The summed E-state index contributed by atoms with van der Waals surface area (Å²) in [6.45, 7) is 0. The molecule has 1 aliphatic rings. The second-order valence-corrected chi connectivity index (χ2v) is 9.08. The highest BCUT2D eigenvalue weighted by Gasteiger charge is 2.31. The molecule has 1 saturated carbocycles. The van der Waals surface area contributed by atoms with Crippen LogP contribution in [0.25, 0.3) is 22.3 Å². The number of alkyl halides is 2. The summed E-state index contributed by atoms with van der Waals surface area (Å²) in [5, 5.41) is 13.4. The average Bonchev–Trinajstić information content (AvgIpc) is 3.30. The highest BCUT2D eigenvalue weighted by molar-refractivity contribution is 6.31. The summed E-state index contributed by atoms with van der Waals surface area (Å²) in [6.07, 6.45) is 6.83. The first-order chi connectivity index (χ1) is 16.8. The SMILES string of the molecule is O=C(O)c1cc(-c2cnn(C(CC3CC3)c3ccc(-c4c(C(F)F)ccc(Cl)c4F)c[nH+]3)c2)c[nH]1. The molecule has 6 nitrogen and oxygen atoms in total. The van der Waals surface area contributed by atoms with Crippen LogP contribution in [0.4, 0.5) is 13.2 Å². The molecule has 0 saturated heterocycles. The zero-order valence-corrected chi connectivity index (χ0v) is 19.1. The van der Waals surface area contributed by atoms with Gasteiger partial charge in [-0.1, -0.05) is 30.5 Å². The molecule has 10 heteroatoms. The topological polar surface area (TPSA) is 85.0 Å². The minimum absolute atomic E-state index is 0.0858. The molecule has 0 radical (unpaired) electrons. The number of pyridine rings is 1. The Labute approximate surface area is 203 Å². The van der Waals surface area contributed by atoms with Crippen LogP contribution in [0.3, 0.4) is 0 Å². The third kappa shape index (κ3) is 4.68. The van der Waals surface area contributed by atoms with Crippen LogP contribution in [-0.2, 0) is 0 Å². The van der Waals surface area contributed by atoms with Crippen molar-refractivity contribution >= 4 is 17.6 Å². The molecule has 0 spiro atoms. The van der Waals surface area contributed by atoms with Gasteiger partial charge in [0.2, 0.25) is 5.69 Å². The van der Waals surface area contributed by atoms with Crippen molar-refractivity contribution in [2.24, 2.45) is 5.92 Å². The summed E-state index contributed by atoms with van der Waals surface area (Å²) in [5.74, 6) is -1.39. The number of rotatable bonds is 8. The number of aromatic carboxylic acids is 1. The Balaban J connectivity index is 1.47. The number of carbonyl (C=O) groups is 1. The van der Waals surface area contributed by atoms with Crippen LogP contribution in [0.2, 0.25) is 5.02 Å². The van der Waals surface area contributed by atoms with Gasteiger partial charge < -0.3 is 10.1 Å². The summed E-state index contributed by atoms with van der Waals surface area (Å²) in [6, 6.07) is 6.99. The van der Waals surface area contributed by atoms with E-state index in [-0.39, 0.29) is 27.9 Å². The third-order valence-corrected chi connectivity index (χ3v) is 6.56. The van der Waals surface area contributed by atoms with Crippen LogP contribution in [0.15, 0.2) is 55.1 Å². The van der Waals surface area contributed by atoms with Gasteiger partial charge in [0, 0.05) is 46.3 Å². The first-order valence-electron chi connectivity index (χ1n) is 11.1. The molecule has 1 fully saturated rings. The number of nitrogens with one attached hydrogen (secondary N) is 2. The number of halogens is 4. The molecule has 3 aromatic heterocycles. The molecule has 35 heavy (non-hydrogen) atoms. The molecule has 0 bridgehead atoms. The second kappa shape index (κ2) is 9.22. The van der Waals surface area contributed by atoms with Crippen LogP contribution < -0.4 is 4.98 Å². The normalized spacial score (nSPS) is 14.4. The maximum atomic E-state index is 14.7. The highest BCUT2D eigenvalue weighted by atomic mass is 35.5. The molecule has 3 heterocycles. The van der Waals surface area contributed by atoms with E-state index in [4.69, 9.17) is 16.7 Å². The zero-order chi connectivity index (χ0) is 24.7. The molecule has 180 valence electrons. The van der Waals surface area contributed by atoms with Crippen LogP contribution >= 0.6 is 11.6 Å². The Bertz CT molecular complexity index is 1380. The molecule has 4 aromatic rings. The Morgan fingerprint density at radius 1 is 1.23 bits per heavy atom. The predicted octanol–water partition coefficient (Wildman–Crippen LogP) is 6.18. The number of nitrogens with zero attached hydrogens (tertiary/aromatic N) is 2. The number of carboxylic acids is 1. The van der Waals surface area contributed by atoms with E-state index in [9.17, 15) is 18.0 Å². The first kappa shape index (κ1) is 23.2. The van der Waals surface area contributed by atoms with Gasteiger partial charge in [-0.25, -0.2) is 22.9 Å². The van der Waals surface area contributed by atoms with Crippen molar-refractivity contribution in [2.45, 2.75) is 31.7 Å². The fraction of sp³-hybridized carbons (Fsp3) is 0.240. The van der Waals surface area contributed by atoms with Crippen molar-refractivity contribution in [3.05, 3.63) is 82.9 Å². The van der Waals surface area contributed by atoms with Crippen molar-refractivity contribution in [1.82, 2.24) is 14.8 Å². The summed E-state index contributed by atoms with van der Waals surface area (Å²) < 4.78 is 43.5. The molecule has 1 aliphatic carbocycles. The monoisotopic (exact) mass is 501 g/mol. The van der Waals surface area contributed by atoms with E-state index in [0.717, 1.165) is 42.7 Å². The Hall–Kier alpha value is -3.59. The number of aromatic amines is 2. The van der Waals surface area contributed by atoms with Gasteiger partial charge >= 0.3 is 5.97 Å². The fourth-order valence-corrected chi connectivity index (χ4v) is 4.39. The van der Waals surface area contributed by atoms with Crippen molar-refractivity contribution in [3.8, 4) is 22.3 Å². The zero-order valence-electron chi connectivity index (χ0n) is 18.3. The van der Waals surface area contributed by atoms with Crippen molar-refractivity contribution in [3.63, 3.8) is 0 Å². The van der Waals surface area contributed by atoms with E-state index in [1.54, 1.807) is 35.3 Å². The molecule has 3 N–H and O–H groups in total. The number of hydrogen-bond acceptors (Lipinski definition) is 2. The lowest BCUT2D eigenvalue weighted by Crippen LogP contribution is -2.22. The van der Waals surface area contributed by atoms with Gasteiger partial charge in [0.25, 0.3) is 6.43 Å². The van der Waals surface area contributed by atoms with E-state index < -0.39 is 23.8 Å². The Morgan fingerprint density at radius 2 is 2.03 bits per heavy atom. The van der Waals surface area contributed by atoms with Gasteiger partial charge in [0.15, 0.2) is 6.20 Å². The third-order valence-electron chi connectivity index (χ3n) is 6.27. The highest BCUT2D eigenvalue weighted by Crippen LogP contribution is 2.40. The second-order valence-electron chi connectivity index (χ2n) is 8.67. The molecule has 5 rings (SSSR count). The molecule has 1 aromatic carbocycles. The van der Waals surface area contributed by atoms with Gasteiger partial charge in [-0.15, -0.1) is 0 Å². The molecular formula is C25H21ClF3N4O2+. The molecule has 0 aliphatic heterocycles. The van der Waals surface area contributed by atoms with Gasteiger partial charge in [-0.2, -0.15) is 5.10 Å². The summed E-state index contributed by atoms with van der Waals surface area (Å²) in [4.78, 5) is 17.0. The number of aromatic nitrogens is 4. The number of benzene rings is 1. The molecule has 0 amide bonds. The lowest BCUT2D eigenvalue weighted by Gasteiger charge is -2.14. The summed E-state index contributed by atoms with van der Waals surface area (Å²) in [5.41, 5.74) is 1.95. The van der Waals surface area contributed by atoms with E-state index in [1.807, 2.05) is 6.20 Å². The number of H-pyrrole nitrogens is 2. The van der Waals surface area contributed by atoms with Gasteiger partial charge in [0.1, 0.15) is 17.6 Å². The lowest BCUT2D eigenvalue weighted by atomic mass is 9.99. The largest absolute Gasteiger partial charge is 0.477 e. The maximum Gasteiger partial charge on any atom is 0.352 e. The van der Waals surface area contributed by atoms with Crippen LogP contribution in [0.1, 0.15) is 53.5 Å². The maximum absolute atomic E-state index is 14.7. The molecule has 1 atom stereocenters. The predicted molar refractivity (Wildman–Crippen MR) is 123 cm³/mol. The van der Waals surface area contributed by atoms with E-state index >= 15 is 0 Å². The van der Waals surface area contributed by atoms with Crippen molar-refractivity contribution < 1.29 is 28.1 Å². The quantitative estimate of drug-likeness (QED) is 0.302. The number of hydrogen-bond donors (Lipinski definition) is 2. The lowest BCUT2D eigenvalue weighted by molar-refractivity contribution is -0.393. The van der Waals surface area contributed by atoms with Crippen LogP contribution in [0, 0.1) is 11.7 Å². The Kier molecular flexibility index (Phi) is 6.10. The van der Waals surface area contributed by atoms with Crippen LogP contribution in [-0.4, -0.2) is 25.8 Å². The average molecular weight is 502 g/mol.